The van der Waals surface area contributed by atoms with Crippen molar-refractivity contribution in [3.05, 3.63) is 35.9 Å². The highest BCUT2D eigenvalue weighted by Gasteiger charge is 2.42. The van der Waals surface area contributed by atoms with Crippen LogP contribution in [0.15, 0.2) is 30.3 Å². The van der Waals surface area contributed by atoms with Crippen LogP contribution in [0.25, 0.3) is 10.9 Å². The molecule has 0 unspecified atom stereocenters. The van der Waals surface area contributed by atoms with Crippen molar-refractivity contribution in [3.8, 4) is 0 Å². The zero-order valence-electron chi connectivity index (χ0n) is 11.7. The molecule has 1 aromatic heterocycles. The number of hydrogen-bond acceptors (Lipinski definition) is 3. The summed E-state index contributed by atoms with van der Waals surface area (Å²) >= 11 is 0. The van der Waals surface area contributed by atoms with Crippen LogP contribution in [0.2, 0.25) is 0 Å². The van der Waals surface area contributed by atoms with E-state index in [4.69, 9.17) is 0 Å². The summed E-state index contributed by atoms with van der Waals surface area (Å²) in [5.41, 5.74) is 1.12. The van der Waals surface area contributed by atoms with Crippen molar-refractivity contribution in [3.63, 3.8) is 0 Å². The minimum atomic E-state index is -0.916. The van der Waals surface area contributed by atoms with Gasteiger partial charge in [0.05, 0.1) is 5.52 Å². The molecule has 4 rings (SSSR count). The largest absolute Gasteiger partial charge is 0.478 e. The number of nitrogens with zero attached hydrogens (tertiary/aromatic N) is 1. The molecule has 2 fully saturated rings. The number of fused-ring (bicyclic) bond motifs is 1. The SMILES string of the molecule is O=C(O)c1cc2ccccc2nc1NC(C1CC1)C1CC1. The molecule has 2 saturated carbocycles. The third-order valence-corrected chi connectivity index (χ3v) is 4.52. The Morgan fingerprint density at radius 1 is 1.19 bits per heavy atom. The quantitative estimate of drug-likeness (QED) is 0.880. The van der Waals surface area contributed by atoms with E-state index < -0.39 is 5.97 Å². The lowest BCUT2D eigenvalue weighted by atomic mass is 10.1. The Kier molecular flexibility index (Phi) is 2.84. The van der Waals surface area contributed by atoms with Gasteiger partial charge in [0.25, 0.3) is 0 Å². The van der Waals surface area contributed by atoms with Crippen molar-refractivity contribution in [1.29, 1.82) is 0 Å². The molecule has 0 spiro atoms. The molecule has 21 heavy (non-hydrogen) atoms. The number of pyridine rings is 1. The highest BCUT2D eigenvalue weighted by atomic mass is 16.4. The molecule has 0 saturated heterocycles. The molecule has 4 heteroatoms. The lowest BCUT2D eigenvalue weighted by molar-refractivity contribution is 0.0697. The summed E-state index contributed by atoms with van der Waals surface area (Å²) in [7, 11) is 0. The van der Waals surface area contributed by atoms with Crippen molar-refractivity contribution in [2.45, 2.75) is 31.7 Å². The van der Waals surface area contributed by atoms with Crippen LogP contribution in [0, 0.1) is 11.8 Å². The van der Waals surface area contributed by atoms with Gasteiger partial charge in [0, 0.05) is 11.4 Å². The summed E-state index contributed by atoms with van der Waals surface area (Å²) in [6, 6.07) is 9.78. The number of nitrogens with one attached hydrogen (secondary N) is 1. The van der Waals surface area contributed by atoms with Crippen LogP contribution in [-0.4, -0.2) is 22.1 Å². The van der Waals surface area contributed by atoms with Gasteiger partial charge in [-0.25, -0.2) is 9.78 Å². The minimum Gasteiger partial charge on any atom is -0.478 e. The average molecular weight is 282 g/mol. The molecular weight excluding hydrogens is 264 g/mol. The van der Waals surface area contributed by atoms with E-state index in [2.05, 4.69) is 10.3 Å². The van der Waals surface area contributed by atoms with Crippen LogP contribution in [-0.2, 0) is 0 Å². The highest BCUT2D eigenvalue weighted by molar-refractivity contribution is 5.98. The van der Waals surface area contributed by atoms with Gasteiger partial charge in [0.15, 0.2) is 0 Å². The molecule has 4 nitrogen and oxygen atoms in total. The fraction of sp³-hybridized carbons (Fsp3) is 0.412. The zero-order chi connectivity index (χ0) is 14.4. The van der Waals surface area contributed by atoms with Crippen LogP contribution in [0.5, 0.6) is 0 Å². The number of para-hydroxylation sites is 1. The van der Waals surface area contributed by atoms with Gasteiger partial charge in [-0.1, -0.05) is 18.2 Å². The van der Waals surface area contributed by atoms with Gasteiger partial charge in [-0.15, -0.1) is 0 Å². The Hall–Kier alpha value is -2.10. The number of benzene rings is 1. The maximum absolute atomic E-state index is 11.5. The van der Waals surface area contributed by atoms with E-state index >= 15 is 0 Å². The Bertz CT molecular complexity index is 693. The highest BCUT2D eigenvalue weighted by Crippen LogP contribution is 2.46. The Labute approximate surface area is 123 Å². The monoisotopic (exact) mass is 282 g/mol. The summed E-state index contributed by atoms with van der Waals surface area (Å²) in [4.78, 5) is 16.1. The first-order valence-electron chi connectivity index (χ1n) is 7.62. The number of rotatable bonds is 5. The lowest BCUT2D eigenvalue weighted by Gasteiger charge is -2.20. The standard InChI is InChI=1S/C17H18N2O2/c20-17(21)13-9-12-3-1-2-4-14(12)18-16(13)19-15(10-5-6-10)11-7-8-11/h1-4,9-11,15H,5-8H2,(H,18,19)(H,20,21). The smallest absolute Gasteiger partial charge is 0.339 e. The molecule has 108 valence electrons. The van der Waals surface area contributed by atoms with Crippen molar-refractivity contribution in [1.82, 2.24) is 4.98 Å². The number of anilines is 1. The second kappa shape index (κ2) is 4.72. The average Bonchev–Trinajstić information content (AvgIpc) is 3.37. The van der Waals surface area contributed by atoms with E-state index in [1.165, 1.54) is 25.7 Å². The number of carboxylic acids is 1. The fourth-order valence-electron chi connectivity index (χ4n) is 3.08. The second-order valence-corrected chi connectivity index (χ2v) is 6.23. The number of carbonyl (C=O) groups is 1. The van der Waals surface area contributed by atoms with E-state index in [1.54, 1.807) is 6.07 Å². The van der Waals surface area contributed by atoms with Crippen molar-refractivity contribution in [2.75, 3.05) is 5.32 Å². The van der Waals surface area contributed by atoms with E-state index in [9.17, 15) is 9.90 Å². The molecule has 0 amide bonds. The summed E-state index contributed by atoms with van der Waals surface area (Å²) < 4.78 is 0. The topological polar surface area (TPSA) is 62.2 Å². The second-order valence-electron chi connectivity index (χ2n) is 6.23. The number of carboxylic acid groups (broad SMARTS) is 1. The zero-order valence-corrected chi connectivity index (χ0v) is 11.7. The molecular formula is C17H18N2O2. The summed E-state index contributed by atoms with van der Waals surface area (Å²) in [5, 5.41) is 13.8. The predicted octanol–water partition coefficient (Wildman–Crippen LogP) is 3.53. The van der Waals surface area contributed by atoms with Crippen LogP contribution in [0.3, 0.4) is 0 Å². The summed E-state index contributed by atoms with van der Waals surface area (Å²) in [6.45, 7) is 0. The van der Waals surface area contributed by atoms with E-state index in [0.717, 1.165) is 10.9 Å². The number of hydrogen-bond donors (Lipinski definition) is 2. The first kappa shape index (κ1) is 12.6. The molecule has 0 atom stereocenters. The molecule has 2 aromatic rings. The molecule has 1 aromatic carbocycles. The third-order valence-electron chi connectivity index (χ3n) is 4.52. The Morgan fingerprint density at radius 3 is 2.48 bits per heavy atom. The Balaban J connectivity index is 1.74. The molecule has 2 N–H and O–H groups in total. The maximum Gasteiger partial charge on any atom is 0.339 e. The van der Waals surface area contributed by atoms with Gasteiger partial charge in [0.1, 0.15) is 11.4 Å². The molecule has 0 radical (unpaired) electrons. The predicted molar refractivity (Wildman–Crippen MR) is 81.6 cm³/mol. The minimum absolute atomic E-state index is 0.278. The van der Waals surface area contributed by atoms with Gasteiger partial charge >= 0.3 is 5.97 Å². The molecule has 2 aliphatic rings. The van der Waals surface area contributed by atoms with Crippen LogP contribution in [0.1, 0.15) is 36.0 Å². The van der Waals surface area contributed by atoms with Crippen molar-refractivity contribution in [2.24, 2.45) is 11.8 Å². The third kappa shape index (κ3) is 2.46. The van der Waals surface area contributed by atoms with Gasteiger partial charge in [0.2, 0.25) is 0 Å². The fourth-order valence-corrected chi connectivity index (χ4v) is 3.08. The van der Waals surface area contributed by atoms with E-state index in [1.807, 2.05) is 24.3 Å². The first-order chi connectivity index (χ1) is 10.2. The van der Waals surface area contributed by atoms with E-state index in [0.29, 0.717) is 23.7 Å². The maximum atomic E-state index is 11.5. The van der Waals surface area contributed by atoms with Crippen LogP contribution in [0.4, 0.5) is 5.82 Å². The summed E-state index contributed by atoms with van der Waals surface area (Å²) in [5.74, 6) is 1.02. The number of aromatic carboxylic acids is 1. The number of aromatic nitrogens is 1. The van der Waals surface area contributed by atoms with Crippen molar-refractivity contribution >= 4 is 22.7 Å². The van der Waals surface area contributed by atoms with Crippen LogP contribution < -0.4 is 5.32 Å². The van der Waals surface area contributed by atoms with E-state index in [-0.39, 0.29) is 5.56 Å². The van der Waals surface area contributed by atoms with Crippen LogP contribution >= 0.6 is 0 Å². The lowest BCUT2D eigenvalue weighted by Crippen LogP contribution is -2.26. The molecule has 0 aliphatic heterocycles. The van der Waals surface area contributed by atoms with Gasteiger partial charge < -0.3 is 10.4 Å². The Morgan fingerprint density at radius 2 is 1.86 bits per heavy atom. The van der Waals surface area contributed by atoms with Gasteiger partial charge in [-0.05, 0) is 49.7 Å². The summed E-state index contributed by atoms with van der Waals surface area (Å²) in [6.07, 6.45) is 5.02. The normalized spacial score (nSPS) is 18.1. The van der Waals surface area contributed by atoms with Crippen molar-refractivity contribution < 1.29 is 9.90 Å². The van der Waals surface area contributed by atoms with Gasteiger partial charge in [-0.2, -0.15) is 0 Å². The molecule has 1 heterocycles. The van der Waals surface area contributed by atoms with Gasteiger partial charge in [-0.3, -0.25) is 0 Å². The molecule has 2 aliphatic carbocycles. The molecule has 0 bridgehead atoms. The first-order valence-corrected chi connectivity index (χ1v) is 7.62.